The van der Waals surface area contributed by atoms with Crippen LogP contribution >= 0.6 is 0 Å². The van der Waals surface area contributed by atoms with E-state index < -0.39 is 0 Å². The van der Waals surface area contributed by atoms with Gasteiger partial charge in [0.1, 0.15) is 0 Å². The van der Waals surface area contributed by atoms with Crippen molar-refractivity contribution in [3.05, 3.63) is 29.9 Å². The molecule has 0 aliphatic rings. The fourth-order valence-corrected chi connectivity index (χ4v) is 1.81. The fraction of sp³-hybridized carbons (Fsp3) is 0.500. The molecule has 0 unspecified atom stereocenters. The van der Waals surface area contributed by atoms with E-state index in [4.69, 9.17) is 4.42 Å². The second-order valence-corrected chi connectivity index (χ2v) is 4.61. The summed E-state index contributed by atoms with van der Waals surface area (Å²) in [7, 11) is 0. The molecule has 102 valence electrons. The van der Waals surface area contributed by atoms with Crippen LogP contribution in [-0.2, 0) is 6.42 Å². The summed E-state index contributed by atoms with van der Waals surface area (Å²) in [6, 6.07) is 1.99. The molecule has 2 aromatic heterocycles. The van der Waals surface area contributed by atoms with Gasteiger partial charge in [-0.1, -0.05) is 6.92 Å². The number of nitrogens with zero attached hydrogens (tertiary/aromatic N) is 3. The average Bonchev–Trinajstić information content (AvgIpc) is 2.87. The molecule has 0 amide bonds. The van der Waals surface area contributed by atoms with Crippen LogP contribution in [0.15, 0.2) is 22.9 Å². The van der Waals surface area contributed by atoms with E-state index in [1.165, 1.54) is 0 Å². The molecule has 19 heavy (non-hydrogen) atoms. The lowest BCUT2D eigenvalue weighted by molar-refractivity contribution is 0.491. The zero-order valence-electron chi connectivity index (χ0n) is 11.5. The van der Waals surface area contributed by atoms with Crippen LogP contribution in [0.25, 0.3) is 11.5 Å². The van der Waals surface area contributed by atoms with Crippen molar-refractivity contribution in [2.45, 2.75) is 33.1 Å². The third-order valence-corrected chi connectivity index (χ3v) is 2.76. The summed E-state index contributed by atoms with van der Waals surface area (Å²) in [4.78, 5) is 4.13. The highest BCUT2D eigenvalue weighted by molar-refractivity contribution is 5.51. The van der Waals surface area contributed by atoms with Crippen molar-refractivity contribution in [2.75, 3.05) is 13.1 Å². The van der Waals surface area contributed by atoms with E-state index in [0.29, 0.717) is 11.8 Å². The van der Waals surface area contributed by atoms with Gasteiger partial charge in [-0.15, -0.1) is 10.2 Å². The maximum absolute atomic E-state index is 5.64. The average molecular weight is 260 g/mol. The third kappa shape index (κ3) is 4.13. The molecule has 0 saturated carbocycles. The predicted molar refractivity (Wildman–Crippen MR) is 73.7 cm³/mol. The molecule has 0 aliphatic heterocycles. The number of rotatable bonds is 7. The van der Waals surface area contributed by atoms with Crippen molar-refractivity contribution in [2.24, 2.45) is 0 Å². The zero-order valence-corrected chi connectivity index (χ0v) is 11.5. The lowest BCUT2D eigenvalue weighted by Gasteiger charge is -1.99. The Morgan fingerprint density at radius 1 is 1.21 bits per heavy atom. The molecular formula is C14H20N4O. The first kappa shape index (κ1) is 13.7. The van der Waals surface area contributed by atoms with Crippen LogP contribution in [-0.4, -0.2) is 28.3 Å². The van der Waals surface area contributed by atoms with Crippen molar-refractivity contribution >= 4 is 0 Å². The third-order valence-electron chi connectivity index (χ3n) is 2.76. The van der Waals surface area contributed by atoms with Gasteiger partial charge in [0.05, 0.1) is 5.56 Å². The number of hydrogen-bond donors (Lipinski definition) is 1. The van der Waals surface area contributed by atoms with Crippen LogP contribution in [0.4, 0.5) is 0 Å². The molecule has 1 N–H and O–H groups in total. The lowest BCUT2D eigenvalue weighted by Crippen LogP contribution is -2.16. The number of aromatic nitrogens is 3. The van der Waals surface area contributed by atoms with Gasteiger partial charge in [-0.05, 0) is 44.5 Å². The molecule has 0 bridgehead atoms. The van der Waals surface area contributed by atoms with E-state index >= 15 is 0 Å². The van der Waals surface area contributed by atoms with Gasteiger partial charge < -0.3 is 9.73 Å². The molecule has 0 fully saturated rings. The zero-order chi connectivity index (χ0) is 13.5. The molecular weight excluding hydrogens is 240 g/mol. The monoisotopic (exact) mass is 260 g/mol. The van der Waals surface area contributed by atoms with Gasteiger partial charge in [-0.25, -0.2) is 0 Å². The highest BCUT2D eigenvalue weighted by Crippen LogP contribution is 2.17. The van der Waals surface area contributed by atoms with Crippen molar-refractivity contribution in [3.63, 3.8) is 0 Å². The minimum absolute atomic E-state index is 0.549. The largest absolute Gasteiger partial charge is 0.421 e. The maximum Gasteiger partial charge on any atom is 0.249 e. The Labute approximate surface area is 113 Å². The number of aryl methyl sites for hydroxylation is 2. The summed E-state index contributed by atoms with van der Waals surface area (Å²) in [5.74, 6) is 1.24. The second-order valence-electron chi connectivity index (χ2n) is 4.61. The Bertz CT molecular complexity index is 510. The first-order valence-electron chi connectivity index (χ1n) is 6.74. The number of nitrogens with one attached hydrogen (secondary N) is 1. The van der Waals surface area contributed by atoms with Crippen molar-refractivity contribution in [3.8, 4) is 11.5 Å². The Balaban J connectivity index is 1.88. The second kappa shape index (κ2) is 6.99. The molecule has 2 rings (SSSR count). The summed E-state index contributed by atoms with van der Waals surface area (Å²) >= 11 is 0. The highest BCUT2D eigenvalue weighted by atomic mass is 16.4. The summed E-state index contributed by atoms with van der Waals surface area (Å²) in [5, 5.41) is 11.5. The lowest BCUT2D eigenvalue weighted by atomic mass is 10.2. The van der Waals surface area contributed by atoms with Crippen LogP contribution in [0.1, 0.15) is 31.2 Å². The summed E-state index contributed by atoms with van der Waals surface area (Å²) in [5.41, 5.74) is 1.96. The minimum Gasteiger partial charge on any atom is -0.421 e. The van der Waals surface area contributed by atoms with Crippen LogP contribution in [0.5, 0.6) is 0 Å². The molecule has 2 heterocycles. The normalized spacial score (nSPS) is 10.8. The topological polar surface area (TPSA) is 63.8 Å². The summed E-state index contributed by atoms with van der Waals surface area (Å²) < 4.78 is 5.64. The number of pyridine rings is 1. The molecule has 0 spiro atoms. The minimum atomic E-state index is 0.549. The number of hydrogen-bond acceptors (Lipinski definition) is 5. The van der Waals surface area contributed by atoms with Gasteiger partial charge in [-0.3, -0.25) is 4.98 Å². The molecule has 2 aromatic rings. The van der Waals surface area contributed by atoms with E-state index in [1.807, 2.05) is 13.0 Å². The van der Waals surface area contributed by atoms with Gasteiger partial charge in [0.2, 0.25) is 11.8 Å². The summed E-state index contributed by atoms with van der Waals surface area (Å²) in [6.45, 7) is 6.20. The van der Waals surface area contributed by atoms with Gasteiger partial charge in [0.25, 0.3) is 0 Å². The van der Waals surface area contributed by atoms with Gasteiger partial charge in [0.15, 0.2) is 0 Å². The van der Waals surface area contributed by atoms with E-state index in [2.05, 4.69) is 27.4 Å². The molecule has 0 aromatic carbocycles. The molecule has 5 nitrogen and oxygen atoms in total. The fourth-order valence-electron chi connectivity index (χ4n) is 1.81. The Morgan fingerprint density at radius 2 is 2.11 bits per heavy atom. The first-order valence-corrected chi connectivity index (χ1v) is 6.74. The maximum atomic E-state index is 5.64. The quantitative estimate of drug-likeness (QED) is 0.774. The van der Waals surface area contributed by atoms with E-state index in [9.17, 15) is 0 Å². The van der Waals surface area contributed by atoms with E-state index in [-0.39, 0.29) is 0 Å². The molecule has 0 saturated heterocycles. The van der Waals surface area contributed by atoms with Crippen LogP contribution in [0.2, 0.25) is 0 Å². The molecule has 0 radical (unpaired) electrons. The summed E-state index contributed by atoms with van der Waals surface area (Å²) in [6.07, 6.45) is 6.52. The van der Waals surface area contributed by atoms with Crippen LogP contribution < -0.4 is 5.32 Å². The Morgan fingerprint density at radius 3 is 2.89 bits per heavy atom. The van der Waals surface area contributed by atoms with E-state index in [1.54, 1.807) is 12.4 Å². The first-order chi connectivity index (χ1) is 9.29. The Kier molecular flexibility index (Phi) is 5.03. The van der Waals surface area contributed by atoms with Crippen molar-refractivity contribution in [1.82, 2.24) is 20.5 Å². The van der Waals surface area contributed by atoms with Crippen molar-refractivity contribution < 1.29 is 4.42 Å². The van der Waals surface area contributed by atoms with Gasteiger partial charge in [-0.2, -0.15) is 0 Å². The highest BCUT2D eigenvalue weighted by Gasteiger charge is 2.08. The standard InChI is InChI=1S/C14H20N4O/c1-3-6-15-7-4-5-13-17-18-14(19-13)12-8-11(2)9-16-10-12/h8-10,15H,3-7H2,1-2H3. The predicted octanol–water partition coefficient (Wildman–Crippen LogP) is 2.37. The Hall–Kier alpha value is -1.75. The van der Waals surface area contributed by atoms with Crippen molar-refractivity contribution in [1.29, 1.82) is 0 Å². The molecule has 5 heteroatoms. The van der Waals surface area contributed by atoms with Gasteiger partial charge >= 0.3 is 0 Å². The smallest absolute Gasteiger partial charge is 0.249 e. The van der Waals surface area contributed by atoms with E-state index in [0.717, 1.165) is 43.5 Å². The molecule has 0 aliphatic carbocycles. The van der Waals surface area contributed by atoms with Crippen LogP contribution in [0, 0.1) is 6.92 Å². The van der Waals surface area contributed by atoms with Crippen LogP contribution in [0.3, 0.4) is 0 Å². The SMILES string of the molecule is CCCNCCCc1nnc(-c2cncc(C)c2)o1. The molecule has 0 atom stereocenters. The van der Waals surface area contributed by atoms with Gasteiger partial charge in [0, 0.05) is 18.8 Å².